The fourth-order valence-corrected chi connectivity index (χ4v) is 1.30. The molecule has 1 aromatic heterocycles. The van der Waals surface area contributed by atoms with Gasteiger partial charge in [0.25, 0.3) is 5.56 Å². The second-order valence-corrected chi connectivity index (χ2v) is 3.13. The average molecular weight is 213 g/mol. The zero-order chi connectivity index (χ0) is 11.5. The molecular weight excluding hydrogens is 206 g/mol. The lowest BCUT2D eigenvalue weighted by atomic mass is 10.1. The second-order valence-electron chi connectivity index (χ2n) is 3.13. The van der Waals surface area contributed by atoms with Crippen LogP contribution >= 0.6 is 0 Å². The molecule has 2 aromatic rings. The van der Waals surface area contributed by atoms with Crippen molar-refractivity contribution in [1.29, 1.82) is 5.26 Å². The third-order valence-corrected chi connectivity index (χ3v) is 2.08. The normalized spacial score (nSPS) is 9.69. The van der Waals surface area contributed by atoms with Crippen molar-refractivity contribution in [2.24, 2.45) is 0 Å². The first kappa shape index (κ1) is 9.93. The number of hydrogen-bond donors (Lipinski definition) is 2. The highest BCUT2D eigenvalue weighted by Gasteiger charge is 2.04. The van der Waals surface area contributed by atoms with Crippen LogP contribution in [0, 0.1) is 11.3 Å². The fraction of sp³-hybridized carbons (Fsp3) is 0. The zero-order valence-corrected chi connectivity index (χ0v) is 8.14. The van der Waals surface area contributed by atoms with Crippen molar-refractivity contribution in [3.8, 4) is 22.9 Å². The molecule has 2 N–H and O–H groups in total. The summed E-state index contributed by atoms with van der Waals surface area (Å²) in [6.45, 7) is 0. The van der Waals surface area contributed by atoms with Crippen LogP contribution in [0.2, 0.25) is 0 Å². The van der Waals surface area contributed by atoms with Crippen molar-refractivity contribution >= 4 is 0 Å². The molecule has 0 saturated carbocycles. The molecule has 0 atom stereocenters. The van der Waals surface area contributed by atoms with Crippen LogP contribution in [-0.4, -0.2) is 15.1 Å². The minimum absolute atomic E-state index is 0.0208. The molecule has 0 aliphatic rings. The van der Waals surface area contributed by atoms with Crippen molar-refractivity contribution in [3.05, 3.63) is 46.6 Å². The van der Waals surface area contributed by atoms with Crippen molar-refractivity contribution in [3.63, 3.8) is 0 Å². The topological polar surface area (TPSA) is 89.8 Å². The summed E-state index contributed by atoms with van der Waals surface area (Å²) in [6, 6.07) is 7.92. The largest absolute Gasteiger partial charge is 0.508 e. The molecule has 1 aromatic carbocycles. The monoisotopic (exact) mass is 213 g/mol. The van der Waals surface area contributed by atoms with E-state index in [1.807, 2.05) is 0 Å². The van der Waals surface area contributed by atoms with Crippen molar-refractivity contribution in [2.75, 3.05) is 0 Å². The first-order valence-corrected chi connectivity index (χ1v) is 4.49. The van der Waals surface area contributed by atoms with E-state index in [1.165, 1.54) is 18.3 Å². The molecule has 0 unspecified atom stereocenters. The summed E-state index contributed by atoms with van der Waals surface area (Å²) < 4.78 is 0. The third kappa shape index (κ3) is 1.77. The van der Waals surface area contributed by atoms with Crippen LogP contribution in [0.5, 0.6) is 5.75 Å². The standard InChI is InChI=1S/C11H7N3O2/c12-5-10-13-6-9(11(16)14-10)7-1-3-8(15)4-2-7/h1-4,6,15H,(H,13,14,16). The number of aromatic amines is 1. The van der Waals surface area contributed by atoms with Gasteiger partial charge in [-0.05, 0) is 17.7 Å². The van der Waals surface area contributed by atoms with Crippen LogP contribution in [0.1, 0.15) is 5.82 Å². The van der Waals surface area contributed by atoms with Crippen molar-refractivity contribution in [2.45, 2.75) is 0 Å². The van der Waals surface area contributed by atoms with Crippen LogP contribution in [0.3, 0.4) is 0 Å². The summed E-state index contributed by atoms with van der Waals surface area (Å²) in [5.74, 6) is 0.106. The van der Waals surface area contributed by atoms with E-state index in [2.05, 4.69) is 9.97 Å². The van der Waals surface area contributed by atoms with Gasteiger partial charge in [-0.15, -0.1) is 0 Å². The Kier molecular flexibility index (Phi) is 2.40. The summed E-state index contributed by atoms with van der Waals surface area (Å²) in [4.78, 5) is 17.7. The number of rotatable bonds is 1. The van der Waals surface area contributed by atoms with Gasteiger partial charge in [0.1, 0.15) is 11.8 Å². The molecule has 16 heavy (non-hydrogen) atoms. The van der Waals surface area contributed by atoms with E-state index in [0.717, 1.165) is 0 Å². The third-order valence-electron chi connectivity index (χ3n) is 2.08. The highest BCUT2D eigenvalue weighted by Crippen LogP contribution is 2.17. The Morgan fingerprint density at radius 1 is 1.31 bits per heavy atom. The van der Waals surface area contributed by atoms with E-state index in [1.54, 1.807) is 18.2 Å². The van der Waals surface area contributed by atoms with Gasteiger partial charge >= 0.3 is 0 Å². The smallest absolute Gasteiger partial charge is 0.259 e. The molecule has 1 heterocycles. The van der Waals surface area contributed by atoms with E-state index in [-0.39, 0.29) is 17.1 Å². The number of H-pyrrole nitrogens is 1. The molecule has 5 heteroatoms. The Balaban J connectivity index is 2.54. The maximum absolute atomic E-state index is 11.6. The maximum Gasteiger partial charge on any atom is 0.259 e. The molecule has 78 valence electrons. The number of phenols is 1. The van der Waals surface area contributed by atoms with E-state index >= 15 is 0 Å². The minimum Gasteiger partial charge on any atom is -0.508 e. The Labute approximate surface area is 90.6 Å². The molecule has 0 amide bonds. The Bertz CT molecular complexity index is 608. The van der Waals surface area contributed by atoms with E-state index in [0.29, 0.717) is 11.1 Å². The summed E-state index contributed by atoms with van der Waals surface area (Å²) in [7, 11) is 0. The fourth-order valence-electron chi connectivity index (χ4n) is 1.30. The van der Waals surface area contributed by atoms with Gasteiger partial charge in [0, 0.05) is 6.20 Å². The number of benzene rings is 1. The minimum atomic E-state index is -0.378. The van der Waals surface area contributed by atoms with Gasteiger partial charge in [-0.25, -0.2) is 4.98 Å². The van der Waals surface area contributed by atoms with Gasteiger partial charge in [0.2, 0.25) is 5.82 Å². The average Bonchev–Trinajstić information content (AvgIpc) is 2.30. The van der Waals surface area contributed by atoms with E-state index in [4.69, 9.17) is 10.4 Å². The second kappa shape index (κ2) is 3.87. The predicted octanol–water partition coefficient (Wildman–Crippen LogP) is 1.01. The molecule has 0 fully saturated rings. The SMILES string of the molecule is N#Cc1ncc(-c2ccc(O)cc2)c(=O)[nH]1. The highest BCUT2D eigenvalue weighted by molar-refractivity contribution is 5.62. The van der Waals surface area contributed by atoms with Crippen LogP contribution in [0.4, 0.5) is 0 Å². The molecule has 0 spiro atoms. The Morgan fingerprint density at radius 2 is 2.00 bits per heavy atom. The molecule has 0 aliphatic heterocycles. The Hall–Kier alpha value is -2.61. The van der Waals surface area contributed by atoms with Gasteiger partial charge in [0.05, 0.1) is 5.56 Å². The molecule has 5 nitrogen and oxygen atoms in total. The number of aromatic nitrogens is 2. The predicted molar refractivity (Wildman–Crippen MR) is 56.7 cm³/mol. The molecule has 2 rings (SSSR count). The van der Waals surface area contributed by atoms with Gasteiger partial charge in [-0.1, -0.05) is 12.1 Å². The number of hydrogen-bond acceptors (Lipinski definition) is 4. The van der Waals surface area contributed by atoms with Crippen LogP contribution in [0.25, 0.3) is 11.1 Å². The van der Waals surface area contributed by atoms with Crippen molar-refractivity contribution in [1.82, 2.24) is 9.97 Å². The number of nitrogens with zero attached hydrogens (tertiary/aromatic N) is 2. The molecule has 0 bridgehead atoms. The van der Waals surface area contributed by atoms with Crippen LogP contribution < -0.4 is 5.56 Å². The summed E-state index contributed by atoms with van der Waals surface area (Å²) in [6.07, 6.45) is 1.34. The summed E-state index contributed by atoms with van der Waals surface area (Å²) >= 11 is 0. The van der Waals surface area contributed by atoms with Gasteiger partial charge < -0.3 is 5.11 Å². The lowest BCUT2D eigenvalue weighted by Crippen LogP contribution is -2.11. The quantitative estimate of drug-likeness (QED) is 0.739. The lowest BCUT2D eigenvalue weighted by molar-refractivity contribution is 0.475. The van der Waals surface area contributed by atoms with Crippen LogP contribution in [0.15, 0.2) is 35.3 Å². The zero-order valence-electron chi connectivity index (χ0n) is 8.14. The van der Waals surface area contributed by atoms with E-state index < -0.39 is 0 Å². The number of nitriles is 1. The highest BCUT2D eigenvalue weighted by atomic mass is 16.3. The molecule has 0 aliphatic carbocycles. The summed E-state index contributed by atoms with van der Waals surface area (Å²) in [5, 5.41) is 17.7. The molecule has 0 saturated heterocycles. The first-order valence-electron chi connectivity index (χ1n) is 4.49. The molecular formula is C11H7N3O2. The van der Waals surface area contributed by atoms with Crippen molar-refractivity contribution < 1.29 is 5.11 Å². The van der Waals surface area contributed by atoms with E-state index in [9.17, 15) is 4.79 Å². The number of phenolic OH excluding ortho intramolecular Hbond substituents is 1. The number of nitrogens with one attached hydrogen (secondary N) is 1. The van der Waals surface area contributed by atoms with Gasteiger partial charge in [-0.2, -0.15) is 5.26 Å². The van der Waals surface area contributed by atoms with Gasteiger partial charge in [0.15, 0.2) is 0 Å². The lowest BCUT2D eigenvalue weighted by Gasteiger charge is -1.99. The van der Waals surface area contributed by atoms with Gasteiger partial charge in [-0.3, -0.25) is 9.78 Å². The summed E-state index contributed by atoms with van der Waals surface area (Å²) in [5.41, 5.74) is 0.618. The maximum atomic E-state index is 11.6. The van der Waals surface area contributed by atoms with Crippen LogP contribution in [-0.2, 0) is 0 Å². The Morgan fingerprint density at radius 3 is 2.56 bits per heavy atom. The molecule has 0 radical (unpaired) electrons. The number of aromatic hydroxyl groups is 1. The first-order chi connectivity index (χ1) is 7.70.